The molecule has 1 aliphatic heterocycles. The number of aliphatic hydroxyl groups is 1. The number of β-amino-alcohol motifs (C(OH)–C–C–N with tert-alkyl or cyclic N) is 1. The van der Waals surface area contributed by atoms with Gasteiger partial charge in [0.25, 0.3) is 0 Å². The van der Waals surface area contributed by atoms with Crippen molar-refractivity contribution in [1.82, 2.24) is 9.97 Å². The largest absolute Gasteiger partial charge is 0.488 e. The van der Waals surface area contributed by atoms with Crippen LogP contribution in [0.25, 0.3) is 0 Å². The molecule has 2 fully saturated rings. The number of aromatic nitrogens is 2. The zero-order valence-corrected chi connectivity index (χ0v) is 14.5. The van der Waals surface area contributed by atoms with Crippen LogP contribution in [0.15, 0.2) is 30.6 Å². The third-order valence-electron chi connectivity index (χ3n) is 5.00. The van der Waals surface area contributed by atoms with Crippen LogP contribution in [0, 0.1) is 0 Å². The van der Waals surface area contributed by atoms with Gasteiger partial charge in [-0.2, -0.15) is 0 Å². The first-order chi connectivity index (χ1) is 12.0. The number of hydrogen-bond donors (Lipinski definition) is 2. The van der Waals surface area contributed by atoms with Gasteiger partial charge < -0.3 is 20.5 Å². The maximum atomic E-state index is 9.71. The summed E-state index contributed by atoms with van der Waals surface area (Å²) in [7, 11) is 0. The molecule has 2 aromatic rings. The Morgan fingerprint density at radius 3 is 2.88 bits per heavy atom. The Balaban J connectivity index is 1.52. The van der Waals surface area contributed by atoms with Crippen LogP contribution in [0.3, 0.4) is 0 Å². The number of benzene rings is 1. The second-order valence-electron chi connectivity index (χ2n) is 7.35. The summed E-state index contributed by atoms with van der Waals surface area (Å²) in [5.41, 5.74) is 8.80. The molecular weight excluding hydrogens is 316 g/mol. The molecule has 0 spiro atoms. The van der Waals surface area contributed by atoms with Gasteiger partial charge in [0.05, 0.1) is 11.8 Å². The number of nitrogens with zero attached hydrogens (tertiary/aromatic N) is 3. The lowest BCUT2D eigenvalue weighted by molar-refractivity contribution is 0.198. The van der Waals surface area contributed by atoms with Gasteiger partial charge >= 0.3 is 0 Å². The van der Waals surface area contributed by atoms with E-state index in [-0.39, 0.29) is 11.7 Å². The summed E-state index contributed by atoms with van der Waals surface area (Å²) in [5.74, 6) is 1.72. The van der Waals surface area contributed by atoms with Gasteiger partial charge in [0.1, 0.15) is 23.5 Å². The summed E-state index contributed by atoms with van der Waals surface area (Å²) < 4.78 is 6.04. The zero-order valence-electron chi connectivity index (χ0n) is 14.5. The minimum atomic E-state index is -0.272. The Morgan fingerprint density at radius 1 is 1.32 bits per heavy atom. The second kappa shape index (κ2) is 6.19. The molecule has 1 aromatic carbocycles. The minimum absolute atomic E-state index is 0.00788. The summed E-state index contributed by atoms with van der Waals surface area (Å²) in [6, 6.07) is 7.82. The van der Waals surface area contributed by atoms with Crippen LogP contribution in [-0.2, 0) is 6.42 Å². The van der Waals surface area contributed by atoms with Crippen molar-refractivity contribution < 1.29 is 9.84 Å². The molecule has 1 saturated carbocycles. The first-order valence-electron chi connectivity index (χ1n) is 8.82. The topological polar surface area (TPSA) is 84.5 Å². The standard InChI is InChI=1S/C19H24N4O2/c1-19(5-6-19)25-16-2-3-17(20)13(9-16)8-14-10-18(22-12-21-14)23-7-4-15(24)11-23/h2-3,9-10,12,15,24H,4-8,11,20H2,1H3/t15-/m1/s1. The van der Waals surface area contributed by atoms with Crippen molar-refractivity contribution in [3.63, 3.8) is 0 Å². The number of anilines is 2. The fourth-order valence-electron chi connectivity index (χ4n) is 3.16. The van der Waals surface area contributed by atoms with Crippen molar-refractivity contribution in [2.75, 3.05) is 23.7 Å². The molecule has 6 heteroatoms. The lowest BCUT2D eigenvalue weighted by Gasteiger charge is -2.17. The normalized spacial score (nSPS) is 21.4. The average molecular weight is 340 g/mol. The van der Waals surface area contributed by atoms with Crippen molar-refractivity contribution in [3.8, 4) is 5.75 Å². The van der Waals surface area contributed by atoms with Crippen LogP contribution in [0.2, 0.25) is 0 Å². The van der Waals surface area contributed by atoms with Crippen molar-refractivity contribution in [1.29, 1.82) is 0 Å². The van der Waals surface area contributed by atoms with Gasteiger partial charge in [0, 0.05) is 31.3 Å². The summed E-state index contributed by atoms with van der Waals surface area (Å²) in [6.07, 6.45) is 4.92. The molecule has 1 atom stereocenters. The van der Waals surface area contributed by atoms with Crippen LogP contribution >= 0.6 is 0 Å². The molecule has 1 aliphatic carbocycles. The van der Waals surface area contributed by atoms with Crippen LogP contribution in [0.1, 0.15) is 37.4 Å². The van der Waals surface area contributed by atoms with Gasteiger partial charge in [-0.05, 0) is 49.9 Å². The highest BCUT2D eigenvalue weighted by molar-refractivity contribution is 5.52. The highest BCUT2D eigenvalue weighted by Gasteiger charge is 2.40. The number of aliphatic hydroxyl groups excluding tert-OH is 1. The van der Waals surface area contributed by atoms with Crippen LogP contribution in [0.5, 0.6) is 5.75 Å². The maximum absolute atomic E-state index is 9.71. The van der Waals surface area contributed by atoms with E-state index in [9.17, 15) is 5.11 Å². The molecule has 2 heterocycles. The quantitative estimate of drug-likeness (QED) is 0.812. The van der Waals surface area contributed by atoms with Crippen molar-refractivity contribution in [3.05, 3.63) is 41.9 Å². The maximum Gasteiger partial charge on any atom is 0.132 e. The van der Waals surface area contributed by atoms with Crippen molar-refractivity contribution in [2.45, 2.75) is 44.3 Å². The molecule has 4 rings (SSSR count). The van der Waals surface area contributed by atoms with E-state index in [0.717, 1.165) is 54.3 Å². The summed E-state index contributed by atoms with van der Waals surface area (Å²) >= 11 is 0. The Labute approximate surface area is 147 Å². The molecule has 1 saturated heterocycles. The molecule has 3 N–H and O–H groups in total. The third kappa shape index (κ3) is 3.69. The first-order valence-corrected chi connectivity index (χ1v) is 8.82. The number of rotatable bonds is 5. The van der Waals surface area contributed by atoms with Crippen molar-refractivity contribution in [2.24, 2.45) is 0 Å². The van der Waals surface area contributed by atoms with E-state index >= 15 is 0 Å². The van der Waals surface area contributed by atoms with Gasteiger partial charge in [-0.1, -0.05) is 0 Å². The second-order valence-corrected chi connectivity index (χ2v) is 7.35. The fraction of sp³-hybridized carbons (Fsp3) is 0.474. The average Bonchev–Trinajstić information content (AvgIpc) is 3.14. The first kappa shape index (κ1) is 16.1. The monoisotopic (exact) mass is 340 g/mol. The Morgan fingerprint density at radius 2 is 2.16 bits per heavy atom. The van der Waals surface area contributed by atoms with Gasteiger partial charge in [-0.3, -0.25) is 0 Å². The van der Waals surface area contributed by atoms with Crippen molar-refractivity contribution >= 4 is 11.5 Å². The summed E-state index contributed by atoms with van der Waals surface area (Å²) in [5, 5.41) is 9.71. The lowest BCUT2D eigenvalue weighted by Crippen LogP contribution is -2.22. The molecule has 1 aromatic heterocycles. The molecule has 6 nitrogen and oxygen atoms in total. The SMILES string of the molecule is CC1(Oc2ccc(N)c(Cc3cc(N4CC[C@@H](O)C4)ncn3)c2)CC1. The zero-order chi connectivity index (χ0) is 17.4. The third-order valence-corrected chi connectivity index (χ3v) is 5.00. The Bertz CT molecular complexity index is 776. The number of hydrogen-bond acceptors (Lipinski definition) is 6. The van der Waals surface area contributed by atoms with E-state index in [1.807, 2.05) is 24.3 Å². The number of ether oxygens (including phenoxy) is 1. The van der Waals surface area contributed by atoms with Gasteiger partial charge in [0.2, 0.25) is 0 Å². The van der Waals surface area contributed by atoms with Gasteiger partial charge in [0.15, 0.2) is 0 Å². The van der Waals surface area contributed by atoms with E-state index in [1.165, 1.54) is 0 Å². The van der Waals surface area contributed by atoms with E-state index in [1.54, 1.807) is 6.33 Å². The van der Waals surface area contributed by atoms with E-state index in [0.29, 0.717) is 13.0 Å². The van der Waals surface area contributed by atoms with Gasteiger partial charge in [-0.25, -0.2) is 9.97 Å². The van der Waals surface area contributed by atoms with E-state index in [4.69, 9.17) is 10.5 Å². The Kier molecular flexibility index (Phi) is 4.00. The van der Waals surface area contributed by atoms with Crippen LogP contribution in [-0.4, -0.2) is 39.9 Å². The lowest BCUT2D eigenvalue weighted by atomic mass is 10.1. The minimum Gasteiger partial charge on any atom is -0.488 e. The van der Waals surface area contributed by atoms with Crippen LogP contribution < -0.4 is 15.4 Å². The predicted octanol–water partition coefficient (Wildman–Crippen LogP) is 2.15. The van der Waals surface area contributed by atoms with Gasteiger partial charge in [-0.15, -0.1) is 0 Å². The smallest absolute Gasteiger partial charge is 0.132 e. The molecular formula is C19H24N4O2. The number of nitrogens with two attached hydrogens (primary N) is 1. The predicted molar refractivity (Wildman–Crippen MR) is 96.8 cm³/mol. The molecule has 2 aliphatic rings. The molecule has 0 radical (unpaired) electrons. The van der Waals surface area contributed by atoms with E-state index in [2.05, 4.69) is 21.8 Å². The highest BCUT2D eigenvalue weighted by atomic mass is 16.5. The molecule has 0 unspecified atom stereocenters. The van der Waals surface area contributed by atoms with E-state index < -0.39 is 0 Å². The molecule has 0 bridgehead atoms. The van der Waals surface area contributed by atoms with Crippen LogP contribution in [0.4, 0.5) is 11.5 Å². The Hall–Kier alpha value is -2.34. The molecule has 0 amide bonds. The molecule has 132 valence electrons. The highest BCUT2D eigenvalue weighted by Crippen LogP contribution is 2.40. The summed E-state index contributed by atoms with van der Waals surface area (Å²) in [4.78, 5) is 10.8. The summed E-state index contributed by atoms with van der Waals surface area (Å²) in [6.45, 7) is 3.58. The fourth-order valence-corrected chi connectivity index (χ4v) is 3.16. The molecule has 25 heavy (non-hydrogen) atoms. The number of nitrogen functional groups attached to an aromatic ring is 1.